The minimum Gasteiger partial charge on any atom is -0.307 e. The molecule has 0 fully saturated rings. The standard InChI is InChI=1S/C12H8Br2N2O/c13-8-5-6-11(15-7-8)16-12(17)9-3-1-2-4-10(9)14/h1-7H,(H,15,16,17). The van der Waals surface area contributed by atoms with Gasteiger partial charge in [-0.2, -0.15) is 0 Å². The maximum atomic E-state index is 11.9. The Labute approximate surface area is 116 Å². The lowest BCUT2D eigenvalue weighted by molar-refractivity contribution is 0.102. The van der Waals surface area contributed by atoms with E-state index in [9.17, 15) is 4.79 Å². The third kappa shape index (κ3) is 3.14. The Morgan fingerprint density at radius 3 is 2.53 bits per heavy atom. The first-order valence-electron chi connectivity index (χ1n) is 4.84. The smallest absolute Gasteiger partial charge is 0.257 e. The fraction of sp³-hybridized carbons (Fsp3) is 0. The molecule has 17 heavy (non-hydrogen) atoms. The predicted octanol–water partition coefficient (Wildman–Crippen LogP) is 3.86. The van der Waals surface area contributed by atoms with Crippen LogP contribution in [0.2, 0.25) is 0 Å². The van der Waals surface area contributed by atoms with E-state index in [1.54, 1.807) is 18.3 Å². The van der Waals surface area contributed by atoms with Crippen molar-refractivity contribution in [2.24, 2.45) is 0 Å². The van der Waals surface area contributed by atoms with Gasteiger partial charge in [0.25, 0.3) is 5.91 Å². The highest BCUT2D eigenvalue weighted by molar-refractivity contribution is 9.10. The van der Waals surface area contributed by atoms with Crippen LogP contribution in [-0.4, -0.2) is 10.9 Å². The van der Waals surface area contributed by atoms with E-state index >= 15 is 0 Å². The Kier molecular flexibility index (Phi) is 3.91. The number of nitrogens with zero attached hydrogens (tertiary/aromatic N) is 1. The Balaban J connectivity index is 2.17. The zero-order valence-corrected chi connectivity index (χ0v) is 11.8. The molecule has 0 aliphatic carbocycles. The quantitative estimate of drug-likeness (QED) is 0.888. The van der Waals surface area contributed by atoms with E-state index in [0.717, 1.165) is 8.95 Å². The molecule has 1 amide bonds. The van der Waals surface area contributed by atoms with E-state index in [2.05, 4.69) is 42.2 Å². The van der Waals surface area contributed by atoms with Gasteiger partial charge in [-0.15, -0.1) is 0 Å². The molecule has 0 aliphatic rings. The fourth-order valence-electron chi connectivity index (χ4n) is 1.28. The van der Waals surface area contributed by atoms with E-state index in [4.69, 9.17) is 0 Å². The maximum absolute atomic E-state index is 11.9. The van der Waals surface area contributed by atoms with E-state index in [-0.39, 0.29) is 5.91 Å². The maximum Gasteiger partial charge on any atom is 0.257 e. The molecule has 86 valence electrons. The van der Waals surface area contributed by atoms with E-state index in [1.807, 2.05) is 24.3 Å². The highest BCUT2D eigenvalue weighted by atomic mass is 79.9. The first-order chi connectivity index (χ1) is 8.16. The van der Waals surface area contributed by atoms with Crippen LogP contribution in [0.25, 0.3) is 0 Å². The summed E-state index contributed by atoms with van der Waals surface area (Å²) in [6.07, 6.45) is 1.63. The molecule has 2 aromatic rings. The second-order valence-electron chi connectivity index (χ2n) is 3.30. The predicted molar refractivity (Wildman–Crippen MR) is 74.0 cm³/mol. The van der Waals surface area contributed by atoms with Crippen LogP contribution < -0.4 is 5.32 Å². The molecule has 3 nitrogen and oxygen atoms in total. The van der Waals surface area contributed by atoms with Gasteiger partial charge >= 0.3 is 0 Å². The van der Waals surface area contributed by atoms with Crippen LogP contribution in [0.5, 0.6) is 0 Å². The molecule has 0 radical (unpaired) electrons. The minimum atomic E-state index is -0.188. The van der Waals surface area contributed by atoms with Gasteiger partial charge in [0.15, 0.2) is 0 Å². The molecular weight excluding hydrogens is 348 g/mol. The number of carbonyl (C=O) groups excluding carboxylic acids is 1. The lowest BCUT2D eigenvalue weighted by atomic mass is 10.2. The van der Waals surface area contributed by atoms with Crippen molar-refractivity contribution < 1.29 is 4.79 Å². The molecule has 1 N–H and O–H groups in total. The van der Waals surface area contributed by atoms with Gasteiger partial charge in [-0.1, -0.05) is 12.1 Å². The van der Waals surface area contributed by atoms with Gasteiger partial charge in [-0.05, 0) is 56.1 Å². The molecule has 1 aromatic carbocycles. The molecule has 1 aromatic heterocycles. The molecular formula is C12H8Br2N2O. The van der Waals surface area contributed by atoms with Gasteiger partial charge in [0.05, 0.1) is 5.56 Å². The van der Waals surface area contributed by atoms with Crippen molar-refractivity contribution in [3.8, 4) is 0 Å². The number of aromatic nitrogens is 1. The first-order valence-corrected chi connectivity index (χ1v) is 6.43. The Morgan fingerprint density at radius 1 is 1.12 bits per heavy atom. The summed E-state index contributed by atoms with van der Waals surface area (Å²) in [6.45, 7) is 0. The molecule has 0 spiro atoms. The lowest BCUT2D eigenvalue weighted by Gasteiger charge is -2.05. The fourth-order valence-corrected chi connectivity index (χ4v) is 1.98. The van der Waals surface area contributed by atoms with Gasteiger partial charge in [-0.3, -0.25) is 4.79 Å². The third-order valence-corrected chi connectivity index (χ3v) is 3.25. The third-order valence-electron chi connectivity index (χ3n) is 2.09. The highest BCUT2D eigenvalue weighted by Crippen LogP contribution is 2.17. The largest absolute Gasteiger partial charge is 0.307 e. The molecule has 0 saturated heterocycles. The number of amides is 1. The Morgan fingerprint density at radius 2 is 1.88 bits per heavy atom. The lowest BCUT2D eigenvalue weighted by Crippen LogP contribution is -2.13. The van der Waals surface area contributed by atoms with Gasteiger partial charge in [0.2, 0.25) is 0 Å². The van der Waals surface area contributed by atoms with Crippen molar-refractivity contribution >= 4 is 43.6 Å². The summed E-state index contributed by atoms with van der Waals surface area (Å²) in [7, 11) is 0. The number of anilines is 1. The number of benzene rings is 1. The number of nitrogens with one attached hydrogen (secondary N) is 1. The number of pyridine rings is 1. The minimum absolute atomic E-state index is 0.188. The molecule has 1 heterocycles. The van der Waals surface area contributed by atoms with Gasteiger partial charge in [-0.25, -0.2) is 4.98 Å². The van der Waals surface area contributed by atoms with Gasteiger partial charge < -0.3 is 5.32 Å². The summed E-state index contributed by atoms with van der Waals surface area (Å²) >= 11 is 6.62. The summed E-state index contributed by atoms with van der Waals surface area (Å²) in [5.41, 5.74) is 0.581. The molecule has 5 heteroatoms. The summed E-state index contributed by atoms with van der Waals surface area (Å²) in [4.78, 5) is 16.0. The second-order valence-corrected chi connectivity index (χ2v) is 5.07. The number of rotatable bonds is 2. The topological polar surface area (TPSA) is 42.0 Å². The molecule has 2 rings (SSSR count). The Bertz CT molecular complexity index is 540. The number of carbonyl (C=O) groups is 1. The van der Waals surface area contributed by atoms with Crippen molar-refractivity contribution in [3.63, 3.8) is 0 Å². The van der Waals surface area contributed by atoms with Gasteiger partial charge in [0.1, 0.15) is 5.82 Å². The van der Waals surface area contributed by atoms with Crippen LogP contribution in [0, 0.1) is 0 Å². The first kappa shape index (κ1) is 12.3. The van der Waals surface area contributed by atoms with E-state index in [0.29, 0.717) is 11.4 Å². The summed E-state index contributed by atoms with van der Waals surface area (Å²) in [5.74, 6) is 0.334. The summed E-state index contributed by atoms with van der Waals surface area (Å²) in [6, 6.07) is 10.8. The molecule has 0 saturated carbocycles. The van der Waals surface area contributed by atoms with E-state index in [1.165, 1.54) is 0 Å². The summed E-state index contributed by atoms with van der Waals surface area (Å²) < 4.78 is 1.63. The highest BCUT2D eigenvalue weighted by Gasteiger charge is 2.09. The monoisotopic (exact) mass is 354 g/mol. The SMILES string of the molecule is O=C(Nc1ccc(Br)cn1)c1ccccc1Br. The van der Waals surface area contributed by atoms with Crippen LogP contribution in [0.3, 0.4) is 0 Å². The number of hydrogen-bond donors (Lipinski definition) is 1. The average Bonchev–Trinajstić information content (AvgIpc) is 2.32. The second kappa shape index (κ2) is 5.42. The zero-order valence-electron chi connectivity index (χ0n) is 8.65. The van der Waals surface area contributed by atoms with Gasteiger partial charge in [0, 0.05) is 15.1 Å². The average molecular weight is 356 g/mol. The van der Waals surface area contributed by atoms with Crippen LogP contribution in [-0.2, 0) is 0 Å². The normalized spacial score (nSPS) is 10.0. The van der Waals surface area contributed by atoms with Crippen LogP contribution in [0.4, 0.5) is 5.82 Å². The number of halogens is 2. The van der Waals surface area contributed by atoms with Crippen molar-refractivity contribution in [2.75, 3.05) is 5.32 Å². The van der Waals surface area contributed by atoms with Crippen LogP contribution in [0.15, 0.2) is 51.5 Å². The van der Waals surface area contributed by atoms with Crippen molar-refractivity contribution in [1.29, 1.82) is 0 Å². The Hall–Kier alpha value is -1.20. The molecule has 0 aliphatic heterocycles. The van der Waals surface area contributed by atoms with Crippen molar-refractivity contribution in [1.82, 2.24) is 4.98 Å². The molecule has 0 unspecified atom stereocenters. The number of hydrogen-bond acceptors (Lipinski definition) is 2. The zero-order chi connectivity index (χ0) is 12.3. The van der Waals surface area contributed by atoms with Crippen LogP contribution in [0.1, 0.15) is 10.4 Å². The van der Waals surface area contributed by atoms with Crippen LogP contribution >= 0.6 is 31.9 Å². The molecule has 0 atom stereocenters. The summed E-state index contributed by atoms with van der Waals surface area (Å²) in [5, 5.41) is 2.73. The molecule has 0 bridgehead atoms. The van der Waals surface area contributed by atoms with Crippen molar-refractivity contribution in [2.45, 2.75) is 0 Å². The van der Waals surface area contributed by atoms with Crippen molar-refractivity contribution in [3.05, 3.63) is 57.1 Å². The van der Waals surface area contributed by atoms with E-state index < -0.39 is 0 Å².